The highest BCUT2D eigenvalue weighted by Crippen LogP contribution is 2.29. The first kappa shape index (κ1) is 13.2. The molecule has 3 nitrogen and oxygen atoms in total. The second kappa shape index (κ2) is 7.41. The molecule has 1 rings (SSSR count). The maximum Gasteiger partial charge on any atom is 0.120 e. The van der Waals surface area contributed by atoms with Crippen LogP contribution < -0.4 is 10.5 Å². The van der Waals surface area contributed by atoms with Crippen molar-refractivity contribution in [2.45, 2.75) is 24.2 Å². The van der Waals surface area contributed by atoms with Crippen molar-refractivity contribution in [3.05, 3.63) is 18.2 Å². The molecule has 0 amide bonds. The zero-order chi connectivity index (χ0) is 11.8. The van der Waals surface area contributed by atoms with Gasteiger partial charge in [0.2, 0.25) is 0 Å². The van der Waals surface area contributed by atoms with Crippen LogP contribution in [-0.4, -0.2) is 24.6 Å². The van der Waals surface area contributed by atoms with E-state index in [1.165, 1.54) is 0 Å². The number of unbranched alkanes of at least 4 members (excludes halogenated alkanes) is 2. The van der Waals surface area contributed by atoms with Crippen molar-refractivity contribution in [3.63, 3.8) is 0 Å². The molecule has 0 saturated heterocycles. The number of nitrogens with two attached hydrogens (primary N) is 1. The molecule has 0 bridgehead atoms. The average Bonchev–Trinajstić information content (AvgIpc) is 2.31. The molecule has 3 N–H and O–H groups in total. The highest BCUT2D eigenvalue weighted by atomic mass is 32.2. The quantitative estimate of drug-likeness (QED) is 0.437. The number of nitrogen functional groups attached to an aromatic ring is 1. The number of rotatable bonds is 7. The summed E-state index contributed by atoms with van der Waals surface area (Å²) in [4.78, 5) is 1.07. The van der Waals surface area contributed by atoms with Crippen molar-refractivity contribution in [2.75, 3.05) is 25.2 Å². The van der Waals surface area contributed by atoms with Crippen molar-refractivity contribution in [2.24, 2.45) is 0 Å². The number of benzene rings is 1. The Morgan fingerprint density at radius 1 is 1.31 bits per heavy atom. The Kier molecular flexibility index (Phi) is 6.11. The molecule has 4 heteroatoms. The van der Waals surface area contributed by atoms with Gasteiger partial charge in [-0.2, -0.15) is 0 Å². The minimum atomic E-state index is 0.284. The molecule has 0 aliphatic heterocycles. The van der Waals surface area contributed by atoms with Crippen LogP contribution in [0.4, 0.5) is 5.69 Å². The Labute approximate surface area is 101 Å². The number of aliphatic hydroxyl groups is 1. The third kappa shape index (κ3) is 4.33. The lowest BCUT2D eigenvalue weighted by atomic mass is 10.3. The molecule has 0 heterocycles. The molecule has 1 aromatic carbocycles. The number of thioether (sulfide) groups is 1. The predicted molar refractivity (Wildman–Crippen MR) is 69.1 cm³/mol. The fourth-order valence-electron chi connectivity index (χ4n) is 1.34. The largest absolute Gasteiger partial charge is 0.497 e. The van der Waals surface area contributed by atoms with Crippen LogP contribution in [0.5, 0.6) is 5.75 Å². The van der Waals surface area contributed by atoms with E-state index in [9.17, 15) is 0 Å². The summed E-state index contributed by atoms with van der Waals surface area (Å²) in [6.07, 6.45) is 3.05. The average molecular weight is 241 g/mol. The third-order valence-electron chi connectivity index (χ3n) is 2.28. The van der Waals surface area contributed by atoms with Crippen molar-refractivity contribution in [3.8, 4) is 5.75 Å². The Hall–Kier alpha value is -0.870. The van der Waals surface area contributed by atoms with E-state index < -0.39 is 0 Å². The smallest absolute Gasteiger partial charge is 0.120 e. The summed E-state index contributed by atoms with van der Waals surface area (Å²) in [5.74, 6) is 1.87. The van der Waals surface area contributed by atoms with E-state index in [1.54, 1.807) is 18.9 Å². The van der Waals surface area contributed by atoms with E-state index in [-0.39, 0.29) is 6.61 Å². The van der Waals surface area contributed by atoms with Gasteiger partial charge in [0.05, 0.1) is 7.11 Å². The first-order valence-corrected chi connectivity index (χ1v) is 6.43. The highest BCUT2D eigenvalue weighted by Gasteiger charge is 2.02. The van der Waals surface area contributed by atoms with Gasteiger partial charge in [0, 0.05) is 17.2 Å². The lowest BCUT2D eigenvalue weighted by Gasteiger charge is -2.07. The lowest BCUT2D eigenvalue weighted by Crippen LogP contribution is -1.92. The van der Waals surface area contributed by atoms with E-state index in [1.807, 2.05) is 18.2 Å². The molecule has 0 unspecified atom stereocenters. The van der Waals surface area contributed by atoms with Crippen LogP contribution in [0.15, 0.2) is 23.1 Å². The van der Waals surface area contributed by atoms with Gasteiger partial charge in [0.1, 0.15) is 5.75 Å². The third-order valence-corrected chi connectivity index (χ3v) is 3.44. The van der Waals surface area contributed by atoms with E-state index in [4.69, 9.17) is 15.6 Å². The fourth-order valence-corrected chi connectivity index (χ4v) is 2.34. The molecule has 0 aliphatic carbocycles. The second-order valence-corrected chi connectivity index (χ2v) is 4.67. The molecule has 16 heavy (non-hydrogen) atoms. The molecule has 0 aliphatic rings. The summed E-state index contributed by atoms with van der Waals surface area (Å²) < 4.78 is 5.15. The van der Waals surface area contributed by atoms with E-state index in [0.29, 0.717) is 0 Å². The van der Waals surface area contributed by atoms with Gasteiger partial charge in [0.25, 0.3) is 0 Å². The monoisotopic (exact) mass is 241 g/mol. The Bertz CT molecular complexity index is 318. The Balaban J connectivity index is 2.40. The van der Waals surface area contributed by atoms with Crippen molar-refractivity contribution in [1.29, 1.82) is 0 Å². The molecular weight excluding hydrogens is 222 g/mol. The normalized spacial score (nSPS) is 10.4. The number of ether oxygens (including phenoxy) is 1. The maximum atomic E-state index is 8.65. The summed E-state index contributed by atoms with van der Waals surface area (Å²) >= 11 is 1.74. The number of hydrogen-bond acceptors (Lipinski definition) is 4. The zero-order valence-electron chi connectivity index (χ0n) is 9.61. The van der Waals surface area contributed by atoms with Gasteiger partial charge >= 0.3 is 0 Å². The summed E-state index contributed by atoms with van der Waals surface area (Å²) in [5, 5.41) is 8.65. The second-order valence-electron chi connectivity index (χ2n) is 3.54. The summed E-state index contributed by atoms with van der Waals surface area (Å²) in [7, 11) is 1.65. The first-order valence-electron chi connectivity index (χ1n) is 5.45. The van der Waals surface area contributed by atoms with Crippen molar-refractivity contribution in [1.82, 2.24) is 0 Å². The summed E-state index contributed by atoms with van der Waals surface area (Å²) in [6, 6.07) is 5.70. The molecule has 0 radical (unpaired) electrons. The molecule has 90 valence electrons. The predicted octanol–water partition coefficient (Wildman–Crippen LogP) is 2.53. The SMILES string of the molecule is COc1ccc(N)c(SCCCCCO)c1. The minimum Gasteiger partial charge on any atom is -0.497 e. The van der Waals surface area contributed by atoms with Gasteiger partial charge in [-0.25, -0.2) is 0 Å². The van der Waals surface area contributed by atoms with Crippen LogP contribution in [0.3, 0.4) is 0 Å². The molecule has 0 fully saturated rings. The molecule has 0 atom stereocenters. The lowest BCUT2D eigenvalue weighted by molar-refractivity contribution is 0.284. The van der Waals surface area contributed by atoms with Crippen LogP contribution in [0.1, 0.15) is 19.3 Å². The van der Waals surface area contributed by atoms with Gasteiger partial charge in [-0.1, -0.05) is 6.42 Å². The maximum absolute atomic E-state index is 8.65. The van der Waals surface area contributed by atoms with Gasteiger partial charge in [-0.15, -0.1) is 11.8 Å². The van der Waals surface area contributed by atoms with Gasteiger partial charge < -0.3 is 15.6 Å². The molecule has 0 spiro atoms. The molecule has 0 saturated carbocycles. The van der Waals surface area contributed by atoms with Crippen LogP contribution in [0.2, 0.25) is 0 Å². The van der Waals surface area contributed by atoms with Gasteiger partial charge in [-0.05, 0) is 36.8 Å². The van der Waals surface area contributed by atoms with Gasteiger partial charge in [0.15, 0.2) is 0 Å². The summed E-state index contributed by atoms with van der Waals surface area (Å²) in [5.41, 5.74) is 6.67. The van der Waals surface area contributed by atoms with Crippen molar-refractivity contribution < 1.29 is 9.84 Å². The van der Waals surface area contributed by atoms with Crippen LogP contribution in [-0.2, 0) is 0 Å². The molecule has 1 aromatic rings. The number of aliphatic hydroxyl groups excluding tert-OH is 1. The highest BCUT2D eigenvalue weighted by molar-refractivity contribution is 7.99. The van der Waals surface area contributed by atoms with E-state index >= 15 is 0 Å². The fraction of sp³-hybridized carbons (Fsp3) is 0.500. The molecule has 0 aromatic heterocycles. The zero-order valence-corrected chi connectivity index (χ0v) is 10.4. The van der Waals surface area contributed by atoms with Crippen LogP contribution in [0.25, 0.3) is 0 Å². The van der Waals surface area contributed by atoms with Gasteiger partial charge in [-0.3, -0.25) is 0 Å². The minimum absolute atomic E-state index is 0.284. The summed E-state index contributed by atoms with van der Waals surface area (Å²) in [6.45, 7) is 0.284. The standard InChI is InChI=1S/C12H19NO2S/c1-15-10-5-6-11(13)12(9-10)16-8-4-2-3-7-14/h5-6,9,14H,2-4,7-8,13H2,1H3. The Morgan fingerprint density at radius 2 is 2.12 bits per heavy atom. The number of methoxy groups -OCH3 is 1. The topological polar surface area (TPSA) is 55.5 Å². The number of hydrogen-bond donors (Lipinski definition) is 2. The van der Waals surface area contributed by atoms with Crippen LogP contribution >= 0.6 is 11.8 Å². The first-order chi connectivity index (χ1) is 7.77. The number of anilines is 1. The Morgan fingerprint density at radius 3 is 2.81 bits per heavy atom. The van der Waals surface area contributed by atoms with E-state index in [2.05, 4.69) is 0 Å². The molecular formula is C12H19NO2S. The van der Waals surface area contributed by atoms with E-state index in [0.717, 1.165) is 41.3 Å². The van der Waals surface area contributed by atoms with Crippen LogP contribution in [0, 0.1) is 0 Å². The van der Waals surface area contributed by atoms with Crippen molar-refractivity contribution >= 4 is 17.4 Å².